The zero-order valence-electron chi connectivity index (χ0n) is 16.8. The Morgan fingerprint density at radius 2 is 1.90 bits per heavy atom. The summed E-state index contributed by atoms with van der Waals surface area (Å²) in [5.41, 5.74) is 1.88. The fourth-order valence-electron chi connectivity index (χ4n) is 2.70. The minimum Gasteiger partial charge on any atom is -0.493 e. The first-order valence-corrected chi connectivity index (χ1v) is 8.79. The molecule has 1 aromatic carbocycles. The van der Waals surface area contributed by atoms with Crippen LogP contribution in [0.1, 0.15) is 11.4 Å². The van der Waals surface area contributed by atoms with Crippen LogP contribution in [0.4, 0.5) is 5.69 Å². The molecular weight excluding hydrogens is 483 g/mol. The van der Waals surface area contributed by atoms with Crippen LogP contribution in [-0.2, 0) is 6.54 Å². The van der Waals surface area contributed by atoms with Crippen LogP contribution in [0.2, 0.25) is 0 Å². The molecule has 3 rings (SSSR count). The molecule has 9 heteroatoms. The Bertz CT molecular complexity index is 956. The van der Waals surface area contributed by atoms with Gasteiger partial charge < -0.3 is 20.1 Å². The van der Waals surface area contributed by atoms with Gasteiger partial charge in [0.2, 0.25) is 0 Å². The zero-order valence-corrected chi connectivity index (χ0v) is 19.2. The quantitative estimate of drug-likeness (QED) is 0.302. The van der Waals surface area contributed by atoms with E-state index < -0.39 is 0 Å². The second-order valence-electron chi connectivity index (χ2n) is 5.99. The predicted molar refractivity (Wildman–Crippen MR) is 125 cm³/mol. The normalized spacial score (nSPS) is 10.8. The summed E-state index contributed by atoms with van der Waals surface area (Å²) in [4.78, 5) is 13.0. The van der Waals surface area contributed by atoms with Crippen molar-refractivity contribution in [3.8, 4) is 17.3 Å². The number of rotatable bonds is 6. The van der Waals surface area contributed by atoms with Gasteiger partial charge in [0.1, 0.15) is 11.6 Å². The van der Waals surface area contributed by atoms with Gasteiger partial charge in [0.15, 0.2) is 17.5 Å². The molecular formula is C20H25IN6O2. The van der Waals surface area contributed by atoms with Gasteiger partial charge in [-0.2, -0.15) is 0 Å². The summed E-state index contributed by atoms with van der Waals surface area (Å²) in [6.07, 6.45) is 5.49. The molecule has 2 aromatic heterocycles. The summed E-state index contributed by atoms with van der Waals surface area (Å²) in [5, 5.41) is 6.51. The van der Waals surface area contributed by atoms with Gasteiger partial charge in [-0.15, -0.1) is 24.0 Å². The van der Waals surface area contributed by atoms with E-state index in [1.165, 1.54) is 0 Å². The van der Waals surface area contributed by atoms with Crippen molar-refractivity contribution in [1.82, 2.24) is 19.9 Å². The molecule has 2 N–H and O–H groups in total. The lowest BCUT2D eigenvalue weighted by Gasteiger charge is -2.14. The van der Waals surface area contributed by atoms with E-state index in [9.17, 15) is 0 Å². The van der Waals surface area contributed by atoms with Crippen molar-refractivity contribution in [3.05, 3.63) is 60.3 Å². The first-order chi connectivity index (χ1) is 13.6. The van der Waals surface area contributed by atoms with Gasteiger partial charge in [0.25, 0.3) is 0 Å². The second kappa shape index (κ2) is 10.6. The van der Waals surface area contributed by atoms with Crippen molar-refractivity contribution in [2.45, 2.75) is 13.5 Å². The van der Waals surface area contributed by atoms with E-state index in [4.69, 9.17) is 9.47 Å². The molecule has 0 saturated heterocycles. The molecule has 0 radical (unpaired) electrons. The van der Waals surface area contributed by atoms with Crippen molar-refractivity contribution < 1.29 is 9.47 Å². The fourth-order valence-corrected chi connectivity index (χ4v) is 2.70. The molecule has 0 amide bonds. The number of benzene rings is 1. The van der Waals surface area contributed by atoms with Gasteiger partial charge in [-0.05, 0) is 30.7 Å². The largest absolute Gasteiger partial charge is 0.493 e. The lowest BCUT2D eigenvalue weighted by molar-refractivity contribution is 0.355. The monoisotopic (exact) mass is 508 g/mol. The van der Waals surface area contributed by atoms with E-state index in [-0.39, 0.29) is 24.0 Å². The van der Waals surface area contributed by atoms with Crippen molar-refractivity contribution in [2.75, 3.05) is 26.6 Å². The van der Waals surface area contributed by atoms with Gasteiger partial charge in [-0.25, -0.2) is 9.97 Å². The molecule has 0 bridgehead atoms. The molecule has 0 aliphatic heterocycles. The number of pyridine rings is 1. The number of nitrogens with zero attached hydrogens (tertiary/aromatic N) is 4. The standard InChI is InChI=1S/C20H24N6O2.HI/c1-14-22-9-10-26(14)19-8-5-15(12-23-19)13-24-20(21-2)25-16-6-7-17(27-3)18(11-16)28-4;/h5-12H,13H2,1-4H3,(H2,21,24,25);1H. The number of nitrogens with one attached hydrogen (secondary N) is 2. The van der Waals surface area contributed by atoms with Crippen LogP contribution in [0, 0.1) is 6.92 Å². The van der Waals surface area contributed by atoms with Gasteiger partial charge in [0, 0.05) is 43.9 Å². The summed E-state index contributed by atoms with van der Waals surface area (Å²) >= 11 is 0. The molecule has 154 valence electrons. The van der Waals surface area contributed by atoms with E-state index >= 15 is 0 Å². The molecule has 0 saturated carbocycles. The number of guanidine groups is 1. The average Bonchev–Trinajstić information content (AvgIpc) is 3.17. The fraction of sp³-hybridized carbons (Fsp3) is 0.250. The molecule has 2 heterocycles. The summed E-state index contributed by atoms with van der Waals surface area (Å²) in [5.74, 6) is 3.71. The molecule has 0 spiro atoms. The Hall–Kier alpha value is -2.82. The molecule has 29 heavy (non-hydrogen) atoms. The third-order valence-corrected chi connectivity index (χ3v) is 4.21. The van der Waals surface area contributed by atoms with E-state index in [0.717, 1.165) is 22.9 Å². The van der Waals surface area contributed by atoms with Crippen LogP contribution in [-0.4, -0.2) is 41.8 Å². The molecule has 0 unspecified atom stereocenters. The first-order valence-electron chi connectivity index (χ1n) is 8.79. The van der Waals surface area contributed by atoms with Crippen LogP contribution >= 0.6 is 24.0 Å². The Balaban J connectivity index is 0.00000300. The Morgan fingerprint density at radius 1 is 1.10 bits per heavy atom. The number of imidazole rings is 1. The summed E-state index contributed by atoms with van der Waals surface area (Å²) in [7, 11) is 4.94. The van der Waals surface area contributed by atoms with Crippen LogP contribution in [0.25, 0.3) is 5.82 Å². The molecule has 0 fully saturated rings. The maximum Gasteiger partial charge on any atom is 0.195 e. The van der Waals surface area contributed by atoms with E-state index in [1.54, 1.807) is 27.5 Å². The highest BCUT2D eigenvalue weighted by Gasteiger charge is 2.07. The predicted octanol–water partition coefficient (Wildman–Crippen LogP) is 3.40. The van der Waals surface area contributed by atoms with Gasteiger partial charge >= 0.3 is 0 Å². The molecule has 0 aliphatic rings. The van der Waals surface area contributed by atoms with Gasteiger partial charge in [-0.1, -0.05) is 6.07 Å². The van der Waals surface area contributed by atoms with Gasteiger partial charge in [0.05, 0.1) is 14.2 Å². The molecule has 8 nitrogen and oxygen atoms in total. The number of methoxy groups -OCH3 is 2. The number of aromatic nitrogens is 3. The average molecular weight is 508 g/mol. The Labute approximate surface area is 187 Å². The number of aryl methyl sites for hydroxylation is 1. The molecule has 0 atom stereocenters. The number of hydrogen-bond acceptors (Lipinski definition) is 5. The second-order valence-corrected chi connectivity index (χ2v) is 5.99. The minimum atomic E-state index is 0. The zero-order chi connectivity index (χ0) is 19.9. The number of halogens is 1. The van der Waals surface area contributed by atoms with Crippen LogP contribution in [0.15, 0.2) is 53.9 Å². The van der Waals surface area contributed by atoms with Crippen LogP contribution < -0.4 is 20.1 Å². The highest BCUT2D eigenvalue weighted by atomic mass is 127. The van der Waals surface area contributed by atoms with Crippen LogP contribution in [0.5, 0.6) is 11.5 Å². The lowest BCUT2D eigenvalue weighted by Crippen LogP contribution is -2.30. The Kier molecular flexibility index (Phi) is 8.25. The first kappa shape index (κ1) is 22.5. The van der Waals surface area contributed by atoms with Crippen molar-refractivity contribution in [3.63, 3.8) is 0 Å². The minimum absolute atomic E-state index is 0. The maximum atomic E-state index is 5.33. The van der Waals surface area contributed by atoms with E-state index in [0.29, 0.717) is 24.0 Å². The summed E-state index contributed by atoms with van der Waals surface area (Å²) in [6, 6.07) is 9.59. The van der Waals surface area contributed by atoms with Crippen molar-refractivity contribution in [1.29, 1.82) is 0 Å². The number of aliphatic imine (C=N–C) groups is 1. The summed E-state index contributed by atoms with van der Waals surface area (Å²) in [6.45, 7) is 2.53. The van der Waals surface area contributed by atoms with E-state index in [1.807, 2.05) is 54.2 Å². The third kappa shape index (κ3) is 5.59. The number of hydrogen-bond donors (Lipinski definition) is 2. The van der Waals surface area contributed by atoms with Crippen molar-refractivity contribution >= 4 is 35.6 Å². The summed E-state index contributed by atoms with van der Waals surface area (Å²) < 4.78 is 12.5. The van der Waals surface area contributed by atoms with E-state index in [2.05, 4.69) is 25.6 Å². The number of anilines is 1. The lowest BCUT2D eigenvalue weighted by atomic mass is 10.2. The highest BCUT2D eigenvalue weighted by Crippen LogP contribution is 2.29. The maximum absolute atomic E-state index is 5.33. The molecule has 0 aliphatic carbocycles. The van der Waals surface area contributed by atoms with Gasteiger partial charge in [-0.3, -0.25) is 9.56 Å². The topological polar surface area (TPSA) is 85.6 Å². The third-order valence-electron chi connectivity index (χ3n) is 4.21. The Morgan fingerprint density at radius 3 is 2.48 bits per heavy atom. The highest BCUT2D eigenvalue weighted by molar-refractivity contribution is 14.0. The smallest absolute Gasteiger partial charge is 0.195 e. The molecule has 3 aromatic rings. The van der Waals surface area contributed by atoms with Crippen LogP contribution in [0.3, 0.4) is 0 Å². The van der Waals surface area contributed by atoms with Crippen molar-refractivity contribution in [2.24, 2.45) is 4.99 Å². The SMILES string of the molecule is CN=C(NCc1ccc(-n2ccnc2C)nc1)Nc1ccc(OC)c(OC)c1.I. The number of ether oxygens (including phenoxy) is 2.